The molecular formula is C80H46N20. The predicted octanol–water partition coefficient (Wildman–Crippen LogP) is 18.0. The number of para-hydroxylation sites is 8. The molecule has 8 heterocycles. The first-order valence-corrected chi connectivity index (χ1v) is 32.2. The van der Waals surface area contributed by atoms with Gasteiger partial charge in [-0.15, -0.1) is 0 Å². The second-order valence-corrected chi connectivity index (χ2v) is 23.9. The van der Waals surface area contributed by atoms with Crippen molar-refractivity contribution in [2.45, 2.75) is 0 Å². The van der Waals surface area contributed by atoms with Gasteiger partial charge in [-0.3, -0.25) is 79.7 Å². The predicted molar refractivity (Wildman–Crippen MR) is 394 cm³/mol. The molecule has 8 aromatic heterocycles. The maximum absolute atomic E-state index is 5.15. The average molecular weight is 1290 g/mol. The molecule has 0 aliphatic carbocycles. The zero-order valence-electron chi connectivity index (χ0n) is 52.5. The van der Waals surface area contributed by atoms with Crippen molar-refractivity contribution in [2.24, 2.45) is 0 Å². The van der Waals surface area contributed by atoms with Gasteiger partial charge in [0, 0.05) is 131 Å². The van der Waals surface area contributed by atoms with Gasteiger partial charge in [0.2, 0.25) is 0 Å². The highest BCUT2D eigenvalue weighted by Crippen LogP contribution is 2.57. The van der Waals surface area contributed by atoms with Gasteiger partial charge >= 0.3 is 0 Å². The summed E-state index contributed by atoms with van der Waals surface area (Å²) in [7, 11) is 0. The number of hydrogen-bond donors (Lipinski definition) is 0. The minimum absolute atomic E-state index is 0.659. The molecule has 0 saturated carbocycles. The van der Waals surface area contributed by atoms with Crippen molar-refractivity contribution in [3.63, 3.8) is 0 Å². The van der Waals surface area contributed by atoms with E-state index in [4.69, 9.17) is 79.7 Å². The molecule has 0 bridgehead atoms. The van der Waals surface area contributed by atoms with Gasteiger partial charge in [0.25, 0.3) is 0 Å². The van der Waals surface area contributed by atoms with Gasteiger partial charge in [0.15, 0.2) is 0 Å². The van der Waals surface area contributed by atoms with Crippen LogP contribution in [-0.4, -0.2) is 79.7 Å². The van der Waals surface area contributed by atoms with Crippen LogP contribution in [0.2, 0.25) is 0 Å². The highest BCUT2D eigenvalue weighted by atomic mass is 15.2. The van der Waals surface area contributed by atoms with Crippen LogP contribution >= 0.6 is 0 Å². The number of nitrogens with zero attached hydrogens (tertiary/aromatic N) is 20. The maximum atomic E-state index is 5.15. The van der Waals surface area contributed by atoms with E-state index in [0.717, 1.165) is 101 Å². The summed E-state index contributed by atoms with van der Waals surface area (Å²) in [5.41, 5.74) is 19.8. The Morgan fingerprint density at radius 2 is 0.300 bits per heavy atom. The number of hydrogen-bond acceptors (Lipinski definition) is 20. The van der Waals surface area contributed by atoms with Crippen LogP contribution < -0.4 is 19.6 Å². The van der Waals surface area contributed by atoms with Gasteiger partial charge in [0.05, 0.1) is 112 Å². The Balaban J connectivity index is 1.03. The molecule has 0 unspecified atom stereocenters. The molecule has 0 amide bonds. The third-order valence-corrected chi connectivity index (χ3v) is 18.5. The van der Waals surface area contributed by atoms with Crippen molar-refractivity contribution in [2.75, 3.05) is 19.6 Å². The van der Waals surface area contributed by atoms with E-state index >= 15 is 0 Å². The lowest BCUT2D eigenvalue weighted by Crippen LogP contribution is -2.17. The van der Waals surface area contributed by atoms with E-state index < -0.39 is 0 Å². The van der Waals surface area contributed by atoms with E-state index in [2.05, 4.69) is 105 Å². The molecule has 0 spiro atoms. The van der Waals surface area contributed by atoms with Crippen LogP contribution in [0.15, 0.2) is 281 Å². The van der Waals surface area contributed by atoms with Gasteiger partial charge in [-0.05, 0) is 109 Å². The molecule has 466 valence electrons. The van der Waals surface area contributed by atoms with E-state index in [0.29, 0.717) is 88.3 Å². The van der Waals surface area contributed by atoms with Crippen LogP contribution in [0, 0.1) is 0 Å². The number of fused-ring (bicyclic) bond motifs is 8. The van der Waals surface area contributed by atoms with Crippen molar-refractivity contribution in [1.82, 2.24) is 79.7 Å². The molecule has 0 aliphatic rings. The van der Waals surface area contributed by atoms with Crippen LogP contribution in [0.4, 0.5) is 68.2 Å². The first-order chi connectivity index (χ1) is 49.7. The molecule has 20 nitrogen and oxygen atoms in total. The summed E-state index contributed by atoms with van der Waals surface area (Å²) in [5.74, 6) is 0. The monoisotopic (exact) mass is 1290 g/mol. The van der Waals surface area contributed by atoms with Crippen LogP contribution in [0.5, 0.6) is 0 Å². The van der Waals surface area contributed by atoms with Crippen LogP contribution in [0.3, 0.4) is 0 Å². The lowest BCUT2D eigenvalue weighted by atomic mass is 9.89. The van der Waals surface area contributed by atoms with Crippen molar-refractivity contribution < 1.29 is 0 Å². The summed E-state index contributed by atoms with van der Waals surface area (Å²) in [4.78, 5) is 89.6. The summed E-state index contributed by atoms with van der Waals surface area (Å²) in [5, 5.41) is 5.26. The highest BCUT2D eigenvalue weighted by molar-refractivity contribution is 6.34. The SMILES string of the molecule is c1cc(N(c2cc(N(c3cccc4nccnc34)c3cccc4nccnc34)c3ccc4c(N(c5cccc6nccnc56)c5cccc6nccnc56)cc(N(c5cccc6nccnc56)c5cccc6nccnc56)c5ccc2c3c54)c2cccc3nccnc23)c2nccnc2c1. The summed E-state index contributed by atoms with van der Waals surface area (Å²) >= 11 is 0. The normalized spacial score (nSPS) is 11.8. The highest BCUT2D eigenvalue weighted by Gasteiger charge is 2.33. The molecule has 12 aromatic carbocycles. The standard InChI is InChI=1S/C80H46N20/c1-9-51-73(89-37-29-81-51)59(17-1)97(60-18-2-10-52-74(60)90-38-30-82-52)67-45-68(98(61-19-3-11-53-75(61)91-39-31-83-53)62-20-4-12-54-76(62)92-40-32-84-54)48-27-28-50-70(100(65-23-7-15-57-79(65)95-43-35-87-57)66-24-8-16-58-80(66)96-44-36-88-58)46-69(49-26-25-47(67)71(48)72(49)50)99(63-21-5-13-55-77(63)93-41-33-85-55)64-22-6-14-56-78(64)94-42-34-86-56/h1-46H. The quantitative estimate of drug-likeness (QED) is 0.104. The summed E-state index contributed by atoms with van der Waals surface area (Å²) in [6, 6.07) is 62.3. The van der Waals surface area contributed by atoms with E-state index in [1.807, 2.05) is 97.1 Å². The fourth-order valence-electron chi connectivity index (χ4n) is 14.5. The van der Waals surface area contributed by atoms with Crippen LogP contribution in [0.25, 0.3) is 121 Å². The maximum Gasteiger partial charge on any atom is 0.113 e. The zero-order valence-corrected chi connectivity index (χ0v) is 52.5. The largest absolute Gasteiger partial charge is 0.305 e. The summed E-state index contributed by atoms with van der Waals surface area (Å²) in [6.07, 6.45) is 27.7. The molecule has 0 radical (unpaired) electrons. The van der Waals surface area contributed by atoms with Crippen LogP contribution in [0.1, 0.15) is 0 Å². The molecule has 20 rings (SSSR count). The molecule has 0 aliphatic heterocycles. The Labute approximate surface area is 566 Å². The van der Waals surface area contributed by atoms with Crippen molar-refractivity contribution in [3.05, 3.63) is 281 Å². The van der Waals surface area contributed by atoms with Crippen molar-refractivity contribution in [3.8, 4) is 0 Å². The lowest BCUT2D eigenvalue weighted by Gasteiger charge is -2.35. The van der Waals surface area contributed by atoms with Crippen LogP contribution in [-0.2, 0) is 0 Å². The Bertz CT molecular complexity index is 5560. The average Bonchev–Trinajstić information content (AvgIpc) is 0.696. The molecule has 100 heavy (non-hydrogen) atoms. The van der Waals surface area contributed by atoms with E-state index in [1.54, 1.807) is 99.1 Å². The summed E-state index contributed by atoms with van der Waals surface area (Å²) < 4.78 is 0. The molecule has 20 heteroatoms. The smallest absolute Gasteiger partial charge is 0.113 e. The van der Waals surface area contributed by atoms with Gasteiger partial charge in [-0.1, -0.05) is 72.8 Å². The molecule has 0 atom stereocenters. The zero-order chi connectivity index (χ0) is 65.8. The van der Waals surface area contributed by atoms with Gasteiger partial charge < -0.3 is 19.6 Å². The molecule has 0 N–H and O–H groups in total. The third-order valence-electron chi connectivity index (χ3n) is 18.5. The minimum atomic E-state index is 0.659. The fourth-order valence-corrected chi connectivity index (χ4v) is 14.5. The minimum Gasteiger partial charge on any atom is -0.305 e. The first-order valence-electron chi connectivity index (χ1n) is 32.2. The number of anilines is 12. The van der Waals surface area contributed by atoms with Gasteiger partial charge in [0.1, 0.15) is 44.1 Å². The Kier molecular flexibility index (Phi) is 12.7. The molecule has 0 fully saturated rings. The molecule has 0 saturated heterocycles. The molecule has 20 aromatic rings. The van der Waals surface area contributed by atoms with E-state index in [1.165, 1.54) is 0 Å². The van der Waals surface area contributed by atoms with E-state index in [9.17, 15) is 0 Å². The Morgan fingerprint density at radius 3 is 0.460 bits per heavy atom. The molecular weight excluding hydrogens is 1240 g/mol. The second-order valence-electron chi connectivity index (χ2n) is 23.9. The van der Waals surface area contributed by atoms with Crippen molar-refractivity contribution in [1.29, 1.82) is 0 Å². The van der Waals surface area contributed by atoms with Crippen molar-refractivity contribution >= 4 is 189 Å². The number of benzene rings is 12. The second kappa shape index (κ2) is 22.6. The fraction of sp³-hybridized carbons (Fsp3) is 0. The topological polar surface area (TPSA) is 219 Å². The van der Waals surface area contributed by atoms with Gasteiger partial charge in [-0.25, -0.2) is 0 Å². The van der Waals surface area contributed by atoms with E-state index in [-0.39, 0.29) is 0 Å². The number of rotatable bonds is 12. The first kappa shape index (κ1) is 56.0. The Morgan fingerprint density at radius 1 is 0.150 bits per heavy atom. The lowest BCUT2D eigenvalue weighted by molar-refractivity contribution is 1.22. The third kappa shape index (κ3) is 8.73. The summed E-state index contributed by atoms with van der Waals surface area (Å²) in [6.45, 7) is 0. The van der Waals surface area contributed by atoms with Gasteiger partial charge in [-0.2, -0.15) is 0 Å². The Hall–Kier alpha value is -14.4. The number of aromatic nitrogens is 16.